The van der Waals surface area contributed by atoms with Crippen molar-refractivity contribution in [3.05, 3.63) is 68.0 Å². The van der Waals surface area contributed by atoms with Crippen molar-refractivity contribution >= 4 is 45.3 Å². The summed E-state index contributed by atoms with van der Waals surface area (Å²) in [6.07, 6.45) is 0.968. The Balaban J connectivity index is 1.88. The maximum Gasteiger partial charge on any atom is 0.262 e. The summed E-state index contributed by atoms with van der Waals surface area (Å²) in [7, 11) is 0. The van der Waals surface area contributed by atoms with Crippen molar-refractivity contribution in [1.82, 2.24) is 9.55 Å². The summed E-state index contributed by atoms with van der Waals surface area (Å²) in [4.78, 5) is 17.4. The molecule has 3 rings (SSSR count). The molecule has 23 heavy (non-hydrogen) atoms. The number of nitrogens with zero attached hydrogens (tertiary/aromatic N) is 2. The molecule has 0 saturated carbocycles. The summed E-state index contributed by atoms with van der Waals surface area (Å²) in [6.45, 7) is 2.63. The third kappa shape index (κ3) is 3.77. The average Bonchev–Trinajstić information content (AvgIpc) is 2.57. The minimum absolute atomic E-state index is 0.0539. The Morgan fingerprint density at radius 1 is 1.17 bits per heavy atom. The van der Waals surface area contributed by atoms with Gasteiger partial charge in [0.25, 0.3) is 5.56 Å². The highest BCUT2D eigenvalue weighted by atomic mass is 127. The molecule has 0 amide bonds. The van der Waals surface area contributed by atoms with Crippen molar-refractivity contribution in [2.45, 2.75) is 25.0 Å². The lowest BCUT2D eigenvalue weighted by Crippen LogP contribution is -2.22. The molecule has 2 aromatic carbocycles. The first-order chi connectivity index (χ1) is 11.2. The molecular formula is C18H17IN2OS. The van der Waals surface area contributed by atoms with Gasteiger partial charge in [-0.2, -0.15) is 0 Å². The van der Waals surface area contributed by atoms with E-state index in [1.165, 1.54) is 5.56 Å². The summed E-state index contributed by atoms with van der Waals surface area (Å²) in [6, 6.07) is 16.2. The van der Waals surface area contributed by atoms with E-state index in [1.807, 2.05) is 31.2 Å². The summed E-state index contributed by atoms with van der Waals surface area (Å²) >= 11 is 3.87. The van der Waals surface area contributed by atoms with Crippen LogP contribution < -0.4 is 5.56 Å². The molecule has 0 saturated heterocycles. The molecule has 0 spiro atoms. The molecule has 0 aliphatic rings. The fraction of sp³-hybridized carbons (Fsp3) is 0.222. The quantitative estimate of drug-likeness (QED) is 0.339. The highest BCUT2D eigenvalue weighted by Gasteiger charge is 2.10. The highest BCUT2D eigenvalue weighted by Crippen LogP contribution is 2.20. The molecule has 0 unspecified atom stereocenters. The minimum Gasteiger partial charge on any atom is -0.287 e. The van der Waals surface area contributed by atoms with Gasteiger partial charge < -0.3 is 0 Å². The number of rotatable bonds is 5. The first-order valence-corrected chi connectivity index (χ1v) is 9.62. The third-order valence-corrected chi connectivity index (χ3v) is 5.31. The van der Waals surface area contributed by atoms with Crippen LogP contribution in [0.3, 0.4) is 0 Å². The molecule has 0 aliphatic heterocycles. The van der Waals surface area contributed by atoms with Gasteiger partial charge in [0.2, 0.25) is 0 Å². The summed E-state index contributed by atoms with van der Waals surface area (Å²) in [5, 5.41) is 1.51. The monoisotopic (exact) mass is 436 g/mol. The molecule has 0 bridgehead atoms. The van der Waals surface area contributed by atoms with Crippen LogP contribution in [0, 0.1) is 3.57 Å². The number of halogens is 1. The van der Waals surface area contributed by atoms with Gasteiger partial charge in [-0.15, -0.1) is 0 Å². The predicted molar refractivity (Wildman–Crippen MR) is 105 cm³/mol. The van der Waals surface area contributed by atoms with Crippen LogP contribution in [0.5, 0.6) is 0 Å². The maximum atomic E-state index is 12.7. The van der Waals surface area contributed by atoms with Crippen LogP contribution in [0.15, 0.2) is 58.5 Å². The van der Waals surface area contributed by atoms with Crippen molar-refractivity contribution in [3.8, 4) is 0 Å². The second-order valence-electron chi connectivity index (χ2n) is 5.19. The van der Waals surface area contributed by atoms with Gasteiger partial charge in [0.05, 0.1) is 10.9 Å². The van der Waals surface area contributed by atoms with Crippen LogP contribution in [0.25, 0.3) is 10.9 Å². The molecule has 0 aliphatic carbocycles. The van der Waals surface area contributed by atoms with Gasteiger partial charge in [0, 0.05) is 15.9 Å². The second kappa shape index (κ2) is 7.49. The Bertz CT molecular complexity index is 877. The largest absolute Gasteiger partial charge is 0.287 e. The zero-order chi connectivity index (χ0) is 16.2. The zero-order valence-corrected chi connectivity index (χ0v) is 15.8. The Morgan fingerprint density at radius 2 is 1.96 bits per heavy atom. The van der Waals surface area contributed by atoms with Gasteiger partial charge in [0.15, 0.2) is 5.16 Å². The van der Waals surface area contributed by atoms with E-state index >= 15 is 0 Å². The molecule has 0 fully saturated rings. The topological polar surface area (TPSA) is 34.9 Å². The Hall–Kier alpha value is -1.34. The van der Waals surface area contributed by atoms with Crippen molar-refractivity contribution in [1.29, 1.82) is 0 Å². The van der Waals surface area contributed by atoms with Crippen LogP contribution in [-0.4, -0.2) is 15.3 Å². The van der Waals surface area contributed by atoms with Gasteiger partial charge in [-0.3, -0.25) is 9.36 Å². The van der Waals surface area contributed by atoms with E-state index in [1.54, 1.807) is 16.3 Å². The van der Waals surface area contributed by atoms with Crippen molar-refractivity contribution in [2.75, 3.05) is 5.75 Å². The van der Waals surface area contributed by atoms with E-state index in [-0.39, 0.29) is 5.56 Å². The van der Waals surface area contributed by atoms with E-state index in [9.17, 15) is 4.79 Å². The fourth-order valence-corrected chi connectivity index (χ4v) is 4.01. The van der Waals surface area contributed by atoms with E-state index in [0.29, 0.717) is 11.9 Å². The number of aryl methyl sites for hydroxylation is 1. The second-order valence-corrected chi connectivity index (χ2v) is 7.50. The third-order valence-electron chi connectivity index (χ3n) is 3.66. The molecular weight excluding hydrogens is 419 g/mol. The van der Waals surface area contributed by atoms with Gasteiger partial charge in [-0.1, -0.05) is 42.1 Å². The summed E-state index contributed by atoms with van der Waals surface area (Å²) in [5.74, 6) is 0.909. The molecule has 0 N–H and O–H groups in total. The van der Waals surface area contributed by atoms with Gasteiger partial charge in [-0.05, 0) is 59.7 Å². The molecule has 3 nitrogen and oxygen atoms in total. The van der Waals surface area contributed by atoms with E-state index in [4.69, 9.17) is 4.98 Å². The summed E-state index contributed by atoms with van der Waals surface area (Å²) in [5.41, 5.74) is 2.14. The molecule has 1 aromatic heterocycles. The van der Waals surface area contributed by atoms with Crippen LogP contribution in [0.4, 0.5) is 0 Å². The lowest BCUT2D eigenvalue weighted by atomic mass is 10.2. The van der Waals surface area contributed by atoms with Gasteiger partial charge in [0.1, 0.15) is 0 Å². The molecule has 5 heteroatoms. The fourth-order valence-electron chi connectivity index (χ4n) is 2.47. The molecule has 118 valence electrons. The first kappa shape index (κ1) is 16.5. The SMILES string of the molecule is CCn1c(SCCc2ccccc2)nc2ccc(I)cc2c1=O. The zero-order valence-electron chi connectivity index (χ0n) is 12.8. The van der Waals surface area contributed by atoms with E-state index < -0.39 is 0 Å². The number of fused-ring (bicyclic) bond motifs is 1. The van der Waals surface area contributed by atoms with Gasteiger partial charge in [-0.25, -0.2) is 4.98 Å². The number of hydrogen-bond donors (Lipinski definition) is 0. The standard InChI is InChI=1S/C18H17IN2OS/c1-2-21-17(22)15-12-14(19)8-9-16(15)20-18(21)23-11-10-13-6-4-3-5-7-13/h3-9,12H,2,10-11H2,1H3. The maximum absolute atomic E-state index is 12.7. The predicted octanol–water partition coefficient (Wildman–Crippen LogP) is 4.36. The van der Waals surface area contributed by atoms with Crippen LogP contribution in [-0.2, 0) is 13.0 Å². The number of hydrogen-bond acceptors (Lipinski definition) is 3. The van der Waals surface area contributed by atoms with Crippen molar-refractivity contribution in [3.63, 3.8) is 0 Å². The van der Waals surface area contributed by atoms with Crippen molar-refractivity contribution < 1.29 is 0 Å². The number of thioether (sulfide) groups is 1. The number of benzene rings is 2. The Kier molecular flexibility index (Phi) is 5.38. The Labute approximate surface area is 153 Å². The van der Waals surface area contributed by atoms with Crippen LogP contribution in [0.1, 0.15) is 12.5 Å². The molecule has 0 radical (unpaired) electrons. The summed E-state index contributed by atoms with van der Waals surface area (Å²) < 4.78 is 2.83. The lowest BCUT2D eigenvalue weighted by Gasteiger charge is -2.11. The lowest BCUT2D eigenvalue weighted by molar-refractivity contribution is 0.634. The molecule has 3 aromatic rings. The first-order valence-electron chi connectivity index (χ1n) is 7.56. The Morgan fingerprint density at radius 3 is 2.70 bits per heavy atom. The number of aromatic nitrogens is 2. The van der Waals surface area contributed by atoms with Crippen LogP contribution in [0.2, 0.25) is 0 Å². The highest BCUT2D eigenvalue weighted by molar-refractivity contribution is 14.1. The normalized spacial score (nSPS) is 11.0. The smallest absolute Gasteiger partial charge is 0.262 e. The minimum atomic E-state index is 0.0539. The van der Waals surface area contributed by atoms with Gasteiger partial charge >= 0.3 is 0 Å². The average molecular weight is 436 g/mol. The molecule has 0 atom stereocenters. The van der Waals surface area contributed by atoms with Crippen LogP contribution >= 0.6 is 34.4 Å². The van der Waals surface area contributed by atoms with Crippen molar-refractivity contribution in [2.24, 2.45) is 0 Å². The van der Waals surface area contributed by atoms with E-state index in [0.717, 1.165) is 26.4 Å². The van der Waals surface area contributed by atoms with E-state index in [2.05, 4.69) is 46.9 Å². The molecule has 1 heterocycles.